The molecule has 0 radical (unpaired) electrons. The molecule has 2 amide bonds. The molecular weight excluding hydrogens is 338 g/mol. The molecule has 0 N–H and O–H groups in total. The minimum atomic E-state index is 0.0536. The van der Waals surface area contributed by atoms with Crippen LogP contribution in [0.2, 0.25) is 0 Å². The predicted molar refractivity (Wildman–Crippen MR) is 94.5 cm³/mol. The molecule has 1 aliphatic heterocycles. The zero-order valence-electron chi connectivity index (χ0n) is 13.6. The van der Waals surface area contributed by atoms with Gasteiger partial charge >= 0.3 is 0 Å². The molecule has 4 rings (SSSR count). The number of hydrogen-bond acceptors (Lipinski definition) is 5. The van der Waals surface area contributed by atoms with Crippen LogP contribution in [-0.2, 0) is 11.2 Å². The van der Waals surface area contributed by atoms with Crippen LogP contribution >= 0.6 is 11.3 Å². The lowest BCUT2D eigenvalue weighted by Gasteiger charge is -2.34. The van der Waals surface area contributed by atoms with Crippen molar-refractivity contribution in [2.24, 2.45) is 0 Å². The molecule has 2 aromatic heterocycles. The van der Waals surface area contributed by atoms with Crippen LogP contribution < -0.4 is 0 Å². The van der Waals surface area contributed by atoms with Crippen molar-refractivity contribution in [3.63, 3.8) is 0 Å². The summed E-state index contributed by atoms with van der Waals surface area (Å²) < 4.78 is 5.28. The Morgan fingerprint density at radius 3 is 2.68 bits per heavy atom. The molecule has 1 aromatic carbocycles. The molecule has 1 saturated heterocycles. The van der Waals surface area contributed by atoms with Crippen LogP contribution in [0.3, 0.4) is 0 Å². The number of oxazole rings is 1. The molecule has 7 heteroatoms. The molecule has 0 spiro atoms. The van der Waals surface area contributed by atoms with Crippen LogP contribution in [0.4, 0.5) is 0 Å². The van der Waals surface area contributed by atoms with E-state index in [1.165, 1.54) is 17.7 Å². The van der Waals surface area contributed by atoms with Crippen molar-refractivity contribution >= 4 is 34.3 Å². The number of carbonyl (C=O) groups is 2. The summed E-state index contributed by atoms with van der Waals surface area (Å²) in [7, 11) is 0. The van der Waals surface area contributed by atoms with E-state index in [1.54, 1.807) is 0 Å². The Balaban J connectivity index is 1.35. The first-order valence-corrected chi connectivity index (χ1v) is 9.01. The average Bonchev–Trinajstić information content (AvgIpc) is 3.32. The first-order valence-electron chi connectivity index (χ1n) is 8.13. The number of rotatable bonds is 3. The number of benzene rings is 1. The summed E-state index contributed by atoms with van der Waals surface area (Å²) in [6.07, 6.45) is 1.73. The molecule has 6 nitrogen and oxygen atoms in total. The molecule has 3 aromatic rings. The third kappa shape index (κ3) is 3.28. The number of hydrogen-bond donors (Lipinski definition) is 0. The third-order valence-corrected chi connectivity index (χ3v) is 5.26. The second-order valence-corrected chi connectivity index (χ2v) is 6.93. The van der Waals surface area contributed by atoms with Gasteiger partial charge in [-0.15, -0.1) is 11.3 Å². The van der Waals surface area contributed by atoms with E-state index in [-0.39, 0.29) is 11.8 Å². The van der Waals surface area contributed by atoms with Crippen molar-refractivity contribution < 1.29 is 14.0 Å². The second-order valence-electron chi connectivity index (χ2n) is 5.98. The van der Waals surface area contributed by atoms with Crippen molar-refractivity contribution in [1.29, 1.82) is 0 Å². The van der Waals surface area contributed by atoms with Gasteiger partial charge in [0.1, 0.15) is 5.52 Å². The molecule has 0 bridgehead atoms. The van der Waals surface area contributed by atoms with E-state index in [2.05, 4.69) is 4.98 Å². The van der Waals surface area contributed by atoms with Crippen molar-refractivity contribution in [2.75, 3.05) is 26.2 Å². The highest BCUT2D eigenvalue weighted by atomic mass is 32.1. The summed E-state index contributed by atoms with van der Waals surface area (Å²) in [6.45, 7) is 2.29. The fourth-order valence-electron chi connectivity index (χ4n) is 3.01. The maximum atomic E-state index is 12.5. The maximum Gasteiger partial charge on any atom is 0.264 e. The summed E-state index contributed by atoms with van der Waals surface area (Å²) in [5.74, 6) is 0.125. The smallest absolute Gasteiger partial charge is 0.264 e. The third-order valence-electron chi connectivity index (χ3n) is 4.40. The van der Waals surface area contributed by atoms with Gasteiger partial charge in [-0.25, -0.2) is 4.98 Å². The van der Waals surface area contributed by atoms with Crippen LogP contribution in [0.15, 0.2) is 46.5 Å². The molecule has 0 atom stereocenters. The highest BCUT2D eigenvalue weighted by Gasteiger charge is 2.25. The van der Waals surface area contributed by atoms with Crippen LogP contribution in [-0.4, -0.2) is 52.8 Å². The normalized spacial score (nSPS) is 14.9. The van der Waals surface area contributed by atoms with Crippen LogP contribution in [0.1, 0.15) is 15.2 Å². The zero-order valence-corrected chi connectivity index (χ0v) is 14.4. The number of nitrogens with zero attached hydrogens (tertiary/aromatic N) is 3. The van der Waals surface area contributed by atoms with Crippen molar-refractivity contribution in [3.8, 4) is 0 Å². The lowest BCUT2D eigenvalue weighted by molar-refractivity contribution is -0.131. The number of fused-ring (bicyclic) bond motifs is 1. The van der Waals surface area contributed by atoms with Gasteiger partial charge in [-0.05, 0) is 29.1 Å². The minimum absolute atomic E-state index is 0.0536. The molecule has 25 heavy (non-hydrogen) atoms. The van der Waals surface area contributed by atoms with Crippen LogP contribution in [0, 0.1) is 0 Å². The maximum absolute atomic E-state index is 12.5. The lowest BCUT2D eigenvalue weighted by Crippen LogP contribution is -2.50. The first-order chi connectivity index (χ1) is 12.2. The van der Waals surface area contributed by atoms with E-state index in [4.69, 9.17) is 4.42 Å². The summed E-state index contributed by atoms with van der Waals surface area (Å²) in [6, 6.07) is 9.34. The van der Waals surface area contributed by atoms with Crippen LogP contribution in [0.5, 0.6) is 0 Å². The molecule has 1 aliphatic rings. The predicted octanol–water partition coefficient (Wildman–Crippen LogP) is 2.42. The second kappa shape index (κ2) is 6.68. The van der Waals surface area contributed by atoms with Crippen LogP contribution in [0.25, 0.3) is 11.1 Å². The Bertz CT molecular complexity index is 895. The topological polar surface area (TPSA) is 66.7 Å². The Hall–Kier alpha value is -2.67. The van der Waals surface area contributed by atoms with Gasteiger partial charge in [-0.1, -0.05) is 12.1 Å². The molecule has 0 saturated carbocycles. The number of amides is 2. The average molecular weight is 355 g/mol. The van der Waals surface area contributed by atoms with E-state index < -0.39 is 0 Å². The van der Waals surface area contributed by atoms with Gasteiger partial charge in [0, 0.05) is 26.2 Å². The Kier molecular flexibility index (Phi) is 4.23. The number of thiophene rings is 1. The van der Waals surface area contributed by atoms with Gasteiger partial charge in [0.25, 0.3) is 5.91 Å². The van der Waals surface area contributed by atoms with Gasteiger partial charge in [0.15, 0.2) is 12.0 Å². The Morgan fingerprint density at radius 2 is 1.92 bits per heavy atom. The molecule has 0 unspecified atom stereocenters. The minimum Gasteiger partial charge on any atom is -0.443 e. The fourth-order valence-corrected chi connectivity index (χ4v) is 3.70. The summed E-state index contributed by atoms with van der Waals surface area (Å²) in [4.78, 5) is 33.3. The molecular formula is C18H17N3O3S. The molecule has 0 aliphatic carbocycles. The quantitative estimate of drug-likeness (QED) is 0.724. The fraction of sp³-hybridized carbons (Fsp3) is 0.278. The van der Waals surface area contributed by atoms with Gasteiger partial charge in [-0.2, -0.15) is 0 Å². The zero-order chi connectivity index (χ0) is 17.2. The SMILES string of the molecule is O=C(Cc1ccc2ncoc2c1)N1CCN(C(=O)c2cccs2)CC1. The largest absolute Gasteiger partial charge is 0.443 e. The van der Waals surface area contributed by atoms with E-state index in [0.29, 0.717) is 38.2 Å². The van der Waals surface area contributed by atoms with E-state index >= 15 is 0 Å². The lowest BCUT2D eigenvalue weighted by atomic mass is 10.1. The van der Waals surface area contributed by atoms with Crippen molar-refractivity contribution in [3.05, 3.63) is 52.5 Å². The Labute approximate surface area is 148 Å². The standard InChI is InChI=1S/C18H17N3O3S/c22-17(11-13-3-4-14-15(10-13)24-12-19-14)20-5-7-21(8-6-20)18(23)16-2-1-9-25-16/h1-4,9-10,12H,5-8,11H2. The van der Waals surface area contributed by atoms with E-state index in [9.17, 15) is 9.59 Å². The Morgan fingerprint density at radius 1 is 1.12 bits per heavy atom. The number of piperazine rings is 1. The summed E-state index contributed by atoms with van der Waals surface area (Å²) >= 11 is 1.45. The molecule has 3 heterocycles. The van der Waals surface area contributed by atoms with Gasteiger partial charge in [0.05, 0.1) is 11.3 Å². The highest BCUT2D eigenvalue weighted by Crippen LogP contribution is 2.17. The number of aromatic nitrogens is 1. The van der Waals surface area contributed by atoms with Gasteiger partial charge in [0.2, 0.25) is 5.91 Å². The monoisotopic (exact) mass is 355 g/mol. The van der Waals surface area contributed by atoms with Gasteiger partial charge in [-0.3, -0.25) is 9.59 Å². The van der Waals surface area contributed by atoms with Crippen molar-refractivity contribution in [2.45, 2.75) is 6.42 Å². The number of carbonyl (C=O) groups excluding carboxylic acids is 2. The molecule has 1 fully saturated rings. The molecule has 128 valence electrons. The van der Waals surface area contributed by atoms with Gasteiger partial charge < -0.3 is 14.2 Å². The van der Waals surface area contributed by atoms with E-state index in [1.807, 2.05) is 45.5 Å². The highest BCUT2D eigenvalue weighted by molar-refractivity contribution is 7.12. The first kappa shape index (κ1) is 15.8. The summed E-state index contributed by atoms with van der Waals surface area (Å²) in [5.41, 5.74) is 2.39. The summed E-state index contributed by atoms with van der Waals surface area (Å²) in [5, 5.41) is 1.90. The van der Waals surface area contributed by atoms with E-state index in [0.717, 1.165) is 16.0 Å². The van der Waals surface area contributed by atoms with Crippen molar-refractivity contribution in [1.82, 2.24) is 14.8 Å².